The number of hydrogen-bond donors (Lipinski definition) is 0. The van der Waals surface area contributed by atoms with Crippen LogP contribution in [0.25, 0.3) is 0 Å². The first kappa shape index (κ1) is 9.64. The summed E-state index contributed by atoms with van der Waals surface area (Å²) in [6.45, 7) is 0. The van der Waals surface area contributed by atoms with Crippen molar-refractivity contribution in [1.29, 1.82) is 0 Å². The Balaban J connectivity index is 2.01. The first-order chi connectivity index (χ1) is 7.27. The lowest BCUT2D eigenvalue weighted by molar-refractivity contribution is 0.548. The Morgan fingerprint density at radius 1 is 1.40 bits per heavy atom. The molecule has 2 aliphatic heterocycles. The van der Waals surface area contributed by atoms with Crippen LogP contribution in [0.3, 0.4) is 0 Å². The van der Waals surface area contributed by atoms with Crippen LogP contribution in [0.4, 0.5) is 0 Å². The van der Waals surface area contributed by atoms with E-state index in [0.717, 1.165) is 11.0 Å². The quantitative estimate of drug-likeness (QED) is 0.614. The van der Waals surface area contributed by atoms with Gasteiger partial charge in [-0.3, -0.25) is 0 Å². The molecule has 2 heterocycles. The minimum absolute atomic E-state index is 0.589. The lowest BCUT2D eigenvalue weighted by atomic mass is 9.87. The van der Waals surface area contributed by atoms with Gasteiger partial charge in [0, 0.05) is 18.7 Å². The van der Waals surface area contributed by atoms with Crippen molar-refractivity contribution in [1.82, 2.24) is 4.90 Å². The third-order valence-corrected chi connectivity index (χ3v) is 4.21. The van der Waals surface area contributed by atoms with Crippen LogP contribution >= 0.6 is 15.9 Å². The summed E-state index contributed by atoms with van der Waals surface area (Å²) in [6, 6.07) is 0. The van der Waals surface area contributed by atoms with E-state index in [1.54, 1.807) is 11.3 Å². The molecule has 0 aromatic heterocycles. The molecule has 0 N–H and O–H groups in total. The molecule has 3 rings (SSSR count). The van der Waals surface area contributed by atoms with Gasteiger partial charge in [-0.2, -0.15) is 0 Å². The lowest BCUT2D eigenvalue weighted by Gasteiger charge is -2.21. The molecule has 1 atom stereocenters. The molecule has 0 aromatic rings. The summed E-state index contributed by atoms with van der Waals surface area (Å²) in [6.07, 6.45) is 8.57. The zero-order valence-corrected chi connectivity index (χ0v) is 10.5. The fraction of sp³-hybridized carbons (Fsp3) is 0.583. The highest BCUT2D eigenvalue weighted by Crippen LogP contribution is 2.42. The second-order valence-electron chi connectivity index (χ2n) is 4.52. The molecule has 0 aromatic carbocycles. The average molecular weight is 267 g/mol. The molecule has 0 amide bonds. The molecule has 3 heteroatoms. The molecule has 0 saturated heterocycles. The van der Waals surface area contributed by atoms with E-state index in [1.807, 2.05) is 0 Å². The number of hydrogen-bond acceptors (Lipinski definition) is 2. The van der Waals surface area contributed by atoms with Crippen molar-refractivity contribution in [2.45, 2.75) is 32.1 Å². The van der Waals surface area contributed by atoms with Crippen LogP contribution in [0.15, 0.2) is 26.9 Å². The maximum Gasteiger partial charge on any atom is 0.117 e. The van der Waals surface area contributed by atoms with Gasteiger partial charge in [0.2, 0.25) is 0 Å². The molecule has 0 saturated carbocycles. The zero-order chi connectivity index (χ0) is 10.4. The number of nitrogens with zero attached hydrogens (tertiary/aromatic N) is 2. The second kappa shape index (κ2) is 3.48. The van der Waals surface area contributed by atoms with Crippen molar-refractivity contribution in [2.75, 3.05) is 7.05 Å². The van der Waals surface area contributed by atoms with Gasteiger partial charge in [0.25, 0.3) is 0 Å². The van der Waals surface area contributed by atoms with Crippen LogP contribution in [0, 0.1) is 5.92 Å². The van der Waals surface area contributed by atoms with E-state index >= 15 is 0 Å². The summed E-state index contributed by atoms with van der Waals surface area (Å²) in [7, 11) is 2.17. The van der Waals surface area contributed by atoms with E-state index in [1.165, 1.54) is 31.5 Å². The van der Waals surface area contributed by atoms with Crippen LogP contribution in [-0.4, -0.2) is 17.8 Å². The maximum absolute atomic E-state index is 4.63. The Bertz CT molecular complexity index is 392. The highest BCUT2D eigenvalue weighted by atomic mass is 79.9. The SMILES string of the molecule is CN1C2=NC(Br)=CCC2C2=C1CCCC2. The van der Waals surface area contributed by atoms with Crippen molar-refractivity contribution in [3.63, 3.8) is 0 Å². The second-order valence-corrected chi connectivity index (χ2v) is 5.34. The van der Waals surface area contributed by atoms with Crippen LogP contribution < -0.4 is 0 Å². The van der Waals surface area contributed by atoms with Crippen molar-refractivity contribution < 1.29 is 0 Å². The maximum atomic E-state index is 4.63. The Morgan fingerprint density at radius 2 is 2.20 bits per heavy atom. The van der Waals surface area contributed by atoms with Gasteiger partial charge in [0.1, 0.15) is 10.4 Å². The topological polar surface area (TPSA) is 15.6 Å². The van der Waals surface area contributed by atoms with E-state index < -0.39 is 0 Å². The van der Waals surface area contributed by atoms with Gasteiger partial charge in [-0.05, 0) is 53.6 Å². The largest absolute Gasteiger partial charge is 0.336 e. The van der Waals surface area contributed by atoms with Crippen molar-refractivity contribution >= 4 is 21.8 Å². The Labute approximate surface area is 98.9 Å². The van der Waals surface area contributed by atoms with Crippen molar-refractivity contribution in [3.8, 4) is 0 Å². The lowest BCUT2D eigenvalue weighted by Crippen LogP contribution is -2.26. The molecule has 0 bridgehead atoms. The first-order valence-electron chi connectivity index (χ1n) is 5.67. The Hall–Kier alpha value is -0.570. The van der Waals surface area contributed by atoms with Crippen molar-refractivity contribution in [3.05, 3.63) is 22.0 Å². The summed E-state index contributed by atoms with van der Waals surface area (Å²) in [4.78, 5) is 6.95. The normalized spacial score (nSPS) is 29.7. The summed E-state index contributed by atoms with van der Waals surface area (Å²) >= 11 is 3.48. The molecular formula is C12H15BrN2. The first-order valence-corrected chi connectivity index (χ1v) is 6.46. The average Bonchev–Trinajstić information content (AvgIpc) is 2.54. The van der Waals surface area contributed by atoms with Gasteiger partial charge in [-0.1, -0.05) is 6.08 Å². The number of halogens is 1. The van der Waals surface area contributed by atoms with Crippen LogP contribution in [0.1, 0.15) is 32.1 Å². The van der Waals surface area contributed by atoms with Crippen LogP contribution in [0.2, 0.25) is 0 Å². The van der Waals surface area contributed by atoms with Crippen LogP contribution in [-0.2, 0) is 0 Å². The van der Waals surface area contributed by atoms with Crippen molar-refractivity contribution in [2.24, 2.45) is 10.9 Å². The van der Waals surface area contributed by atoms with Crippen LogP contribution in [0.5, 0.6) is 0 Å². The van der Waals surface area contributed by atoms with E-state index in [4.69, 9.17) is 0 Å². The molecule has 0 spiro atoms. The van der Waals surface area contributed by atoms with Gasteiger partial charge in [-0.15, -0.1) is 0 Å². The molecule has 2 nitrogen and oxygen atoms in total. The Morgan fingerprint density at radius 3 is 3.07 bits per heavy atom. The van der Waals surface area contributed by atoms with E-state index in [2.05, 4.69) is 38.9 Å². The monoisotopic (exact) mass is 266 g/mol. The molecule has 15 heavy (non-hydrogen) atoms. The van der Waals surface area contributed by atoms with Gasteiger partial charge in [-0.25, -0.2) is 4.99 Å². The van der Waals surface area contributed by atoms with E-state index in [0.29, 0.717) is 5.92 Å². The smallest absolute Gasteiger partial charge is 0.117 e. The minimum Gasteiger partial charge on any atom is -0.336 e. The Kier molecular flexibility index (Phi) is 2.23. The number of aliphatic imine (C=N–C) groups is 1. The summed E-state index contributed by atoms with van der Waals surface area (Å²) < 4.78 is 1.00. The molecule has 0 radical (unpaired) electrons. The standard InChI is InChI=1S/C12H15BrN2/c1-15-10-5-3-2-4-8(10)9-6-7-11(13)14-12(9)15/h7,9H,2-6H2,1H3. The highest BCUT2D eigenvalue weighted by Gasteiger charge is 2.37. The molecule has 1 aliphatic carbocycles. The zero-order valence-electron chi connectivity index (χ0n) is 8.96. The summed E-state index contributed by atoms with van der Waals surface area (Å²) in [5.41, 5.74) is 3.22. The van der Waals surface area contributed by atoms with Gasteiger partial charge in [0.05, 0.1) is 0 Å². The summed E-state index contributed by atoms with van der Waals surface area (Å²) in [5.74, 6) is 1.85. The highest BCUT2D eigenvalue weighted by molar-refractivity contribution is 9.11. The van der Waals surface area contributed by atoms with Gasteiger partial charge in [0.15, 0.2) is 0 Å². The van der Waals surface area contributed by atoms with Gasteiger partial charge >= 0.3 is 0 Å². The predicted octanol–water partition coefficient (Wildman–Crippen LogP) is 3.41. The minimum atomic E-state index is 0.589. The fourth-order valence-corrected chi connectivity index (χ4v) is 3.34. The molecular weight excluding hydrogens is 252 g/mol. The van der Waals surface area contributed by atoms with Gasteiger partial charge < -0.3 is 4.90 Å². The fourth-order valence-electron chi connectivity index (χ4n) is 2.97. The predicted molar refractivity (Wildman–Crippen MR) is 65.8 cm³/mol. The number of fused-ring (bicyclic) bond motifs is 2. The number of amidine groups is 1. The van der Waals surface area contributed by atoms with E-state index in [9.17, 15) is 0 Å². The molecule has 80 valence electrons. The third kappa shape index (κ3) is 1.40. The number of rotatable bonds is 0. The third-order valence-electron chi connectivity index (χ3n) is 3.70. The molecule has 1 unspecified atom stereocenters. The molecule has 3 aliphatic rings. The molecule has 0 fully saturated rings. The summed E-state index contributed by atoms with van der Waals surface area (Å²) in [5, 5.41) is 0. The number of allylic oxidation sites excluding steroid dienone is 2. The van der Waals surface area contributed by atoms with E-state index in [-0.39, 0.29) is 0 Å².